The van der Waals surface area contributed by atoms with Crippen LogP contribution in [0.2, 0.25) is 0 Å². The van der Waals surface area contributed by atoms with Crippen molar-refractivity contribution in [3.05, 3.63) is 40.3 Å². The number of aliphatic hydroxyl groups is 2. The summed E-state index contributed by atoms with van der Waals surface area (Å²) in [5.74, 6) is 0.731. The highest BCUT2D eigenvalue weighted by molar-refractivity contribution is 7.89. The van der Waals surface area contributed by atoms with Gasteiger partial charge in [0.2, 0.25) is 10.0 Å². The van der Waals surface area contributed by atoms with Crippen LogP contribution in [0.1, 0.15) is 64.9 Å². The second-order valence-electron chi connectivity index (χ2n) is 10.7. The Morgan fingerprint density at radius 3 is 2.38 bits per heavy atom. The van der Waals surface area contributed by atoms with Gasteiger partial charge in [-0.05, 0) is 74.6 Å². The topological polar surface area (TPSA) is 138 Å². The number of benzene rings is 1. The van der Waals surface area contributed by atoms with E-state index < -0.39 is 10.0 Å². The molecule has 3 heterocycles. The van der Waals surface area contributed by atoms with Crippen LogP contribution < -0.4 is 10.3 Å². The van der Waals surface area contributed by atoms with Gasteiger partial charge in [0.1, 0.15) is 17.1 Å². The number of aliphatic hydroxyl groups excluding tert-OH is 2. The molecular formula is C29H42N4O6S. The summed E-state index contributed by atoms with van der Waals surface area (Å²) in [5, 5.41) is 19.1. The van der Waals surface area contributed by atoms with Gasteiger partial charge >= 0.3 is 0 Å². The molecule has 1 fully saturated rings. The number of piperidine rings is 1. The number of aryl methyl sites for hydroxylation is 2. The number of hydrogen-bond acceptors (Lipinski definition) is 7. The van der Waals surface area contributed by atoms with Crippen LogP contribution in [0.3, 0.4) is 0 Å². The summed E-state index contributed by atoms with van der Waals surface area (Å²) >= 11 is 0. The number of nitrogens with one attached hydrogen (secondary N) is 1. The minimum absolute atomic E-state index is 0.00644. The van der Waals surface area contributed by atoms with E-state index in [-0.39, 0.29) is 34.9 Å². The molecule has 0 spiro atoms. The summed E-state index contributed by atoms with van der Waals surface area (Å²) in [6.45, 7) is 7.73. The zero-order chi connectivity index (χ0) is 28.9. The fraction of sp³-hybridized carbons (Fsp3) is 0.586. The van der Waals surface area contributed by atoms with Crippen LogP contribution in [0.4, 0.5) is 0 Å². The Bertz CT molecular complexity index is 1460. The Kier molecular flexibility index (Phi) is 9.71. The molecule has 10 nitrogen and oxygen atoms in total. The van der Waals surface area contributed by atoms with Crippen LogP contribution in [0.15, 0.2) is 34.1 Å². The summed E-state index contributed by atoms with van der Waals surface area (Å²) < 4.78 is 36.9. The molecule has 3 N–H and O–H groups in total. The average molecular weight is 575 g/mol. The maximum absolute atomic E-state index is 13.8. The van der Waals surface area contributed by atoms with Crippen molar-refractivity contribution in [1.29, 1.82) is 0 Å². The molecule has 0 saturated carbocycles. The lowest BCUT2D eigenvalue weighted by Crippen LogP contribution is -2.43. The number of nitrogens with zero attached hydrogens (tertiary/aromatic N) is 3. The van der Waals surface area contributed by atoms with E-state index in [2.05, 4.69) is 11.9 Å². The molecule has 0 atom stereocenters. The van der Waals surface area contributed by atoms with Gasteiger partial charge in [-0.2, -0.15) is 4.31 Å². The minimum Gasteiger partial charge on any atom is -0.493 e. The molecule has 11 heteroatoms. The number of ether oxygens (including phenoxy) is 1. The van der Waals surface area contributed by atoms with Crippen LogP contribution in [0.25, 0.3) is 22.4 Å². The first-order valence-electron chi connectivity index (χ1n) is 14.3. The molecule has 0 aliphatic carbocycles. The summed E-state index contributed by atoms with van der Waals surface area (Å²) in [6.07, 6.45) is 6.62. The SMILES string of the molecule is CCCOc1ccc(S(=O)(=O)N2CCC(CCO)(CCO)CC2)cc1-c1nc2c(CCC)cn(CC)c2c(=O)[nH]1. The molecule has 0 bridgehead atoms. The first kappa shape index (κ1) is 30.2. The number of fused-ring (bicyclic) bond motifs is 1. The fourth-order valence-corrected chi connectivity index (χ4v) is 7.21. The first-order chi connectivity index (χ1) is 19.2. The molecule has 40 heavy (non-hydrogen) atoms. The fourth-order valence-electron chi connectivity index (χ4n) is 5.74. The highest BCUT2D eigenvalue weighted by Crippen LogP contribution is 2.40. The molecule has 2 aromatic heterocycles. The van der Waals surface area contributed by atoms with Crippen molar-refractivity contribution in [1.82, 2.24) is 18.8 Å². The molecule has 0 radical (unpaired) electrons. The maximum Gasteiger partial charge on any atom is 0.275 e. The highest BCUT2D eigenvalue weighted by atomic mass is 32.2. The zero-order valence-corrected chi connectivity index (χ0v) is 24.6. The first-order valence-corrected chi connectivity index (χ1v) is 15.8. The molecule has 3 aromatic rings. The van der Waals surface area contributed by atoms with Crippen molar-refractivity contribution in [3.8, 4) is 17.1 Å². The van der Waals surface area contributed by atoms with Crippen molar-refractivity contribution in [2.75, 3.05) is 32.9 Å². The Balaban J connectivity index is 1.76. The summed E-state index contributed by atoms with van der Waals surface area (Å²) in [5.41, 5.74) is 2.00. The molecule has 1 aromatic carbocycles. The minimum atomic E-state index is -3.85. The van der Waals surface area contributed by atoms with Gasteiger partial charge in [-0.15, -0.1) is 0 Å². The second kappa shape index (κ2) is 12.8. The molecule has 0 unspecified atom stereocenters. The van der Waals surface area contributed by atoms with Gasteiger partial charge in [-0.1, -0.05) is 20.3 Å². The third kappa shape index (κ3) is 5.97. The molecule has 1 aliphatic heterocycles. The third-order valence-electron chi connectivity index (χ3n) is 8.03. The monoisotopic (exact) mass is 574 g/mol. The van der Waals surface area contributed by atoms with Crippen LogP contribution in [0.5, 0.6) is 5.75 Å². The molecule has 4 rings (SSSR count). The van der Waals surface area contributed by atoms with Gasteiger partial charge in [-0.25, -0.2) is 13.4 Å². The molecular weight excluding hydrogens is 532 g/mol. The summed E-state index contributed by atoms with van der Waals surface area (Å²) in [6, 6.07) is 4.72. The Hall–Kier alpha value is -2.73. The number of hydrogen-bond donors (Lipinski definition) is 3. The largest absolute Gasteiger partial charge is 0.493 e. The second-order valence-corrected chi connectivity index (χ2v) is 12.6. The van der Waals surface area contributed by atoms with Crippen molar-refractivity contribution < 1.29 is 23.4 Å². The number of aromatic amines is 1. The summed E-state index contributed by atoms with van der Waals surface area (Å²) in [7, 11) is -3.85. The van der Waals surface area contributed by atoms with E-state index in [9.17, 15) is 23.4 Å². The van der Waals surface area contributed by atoms with Crippen LogP contribution in [-0.2, 0) is 23.0 Å². The van der Waals surface area contributed by atoms with Crippen molar-refractivity contribution >= 4 is 21.1 Å². The van der Waals surface area contributed by atoms with Crippen LogP contribution in [0, 0.1) is 5.41 Å². The Labute approximate surface area is 236 Å². The lowest BCUT2D eigenvalue weighted by molar-refractivity contribution is 0.0782. The average Bonchev–Trinajstić information content (AvgIpc) is 3.30. The van der Waals surface area contributed by atoms with Crippen LogP contribution >= 0.6 is 0 Å². The van der Waals surface area contributed by atoms with E-state index in [0.29, 0.717) is 74.3 Å². The van der Waals surface area contributed by atoms with E-state index in [0.717, 1.165) is 24.8 Å². The van der Waals surface area contributed by atoms with Crippen molar-refractivity contribution in [3.63, 3.8) is 0 Å². The predicted molar refractivity (Wildman–Crippen MR) is 155 cm³/mol. The van der Waals surface area contributed by atoms with E-state index in [1.807, 2.05) is 24.6 Å². The number of H-pyrrole nitrogens is 1. The van der Waals surface area contributed by atoms with Gasteiger partial charge in [0.15, 0.2) is 0 Å². The standard InChI is InChI=1S/C29H42N4O6S/c1-4-7-21-20-32(6-3)26-25(21)30-27(31-28(26)36)23-19-22(8-9-24(23)39-18-5-2)40(37,38)33-14-10-29(11-15-33,12-16-34)13-17-35/h8-9,19-20,34-35H,4-7,10-18H2,1-3H3,(H,30,31,36). The van der Waals surface area contributed by atoms with Gasteiger partial charge in [0, 0.05) is 39.0 Å². The predicted octanol–water partition coefficient (Wildman–Crippen LogP) is 3.69. The zero-order valence-electron chi connectivity index (χ0n) is 23.8. The number of sulfonamides is 1. The normalized spacial score (nSPS) is 16.0. The van der Waals surface area contributed by atoms with Gasteiger partial charge < -0.3 is 24.5 Å². The van der Waals surface area contributed by atoms with Crippen LogP contribution in [-0.4, -0.2) is 70.4 Å². The Morgan fingerprint density at radius 2 is 1.77 bits per heavy atom. The molecule has 220 valence electrons. The van der Waals surface area contributed by atoms with Gasteiger partial charge in [0.05, 0.1) is 22.6 Å². The van der Waals surface area contributed by atoms with Crippen molar-refractivity contribution in [2.45, 2.75) is 77.2 Å². The Morgan fingerprint density at radius 1 is 1.07 bits per heavy atom. The molecule has 1 aliphatic rings. The lowest BCUT2D eigenvalue weighted by Gasteiger charge is -2.41. The molecule has 1 saturated heterocycles. The van der Waals surface area contributed by atoms with E-state index in [1.54, 1.807) is 18.2 Å². The van der Waals surface area contributed by atoms with E-state index in [4.69, 9.17) is 9.72 Å². The highest BCUT2D eigenvalue weighted by Gasteiger charge is 2.38. The maximum atomic E-state index is 13.8. The van der Waals surface area contributed by atoms with Gasteiger partial charge in [-0.3, -0.25) is 4.79 Å². The van der Waals surface area contributed by atoms with E-state index >= 15 is 0 Å². The quantitative estimate of drug-likeness (QED) is 0.283. The smallest absolute Gasteiger partial charge is 0.275 e. The lowest BCUT2D eigenvalue weighted by atomic mass is 9.74. The van der Waals surface area contributed by atoms with E-state index in [1.165, 1.54) is 4.31 Å². The molecule has 0 amide bonds. The number of rotatable bonds is 13. The third-order valence-corrected chi connectivity index (χ3v) is 9.93. The van der Waals surface area contributed by atoms with Gasteiger partial charge in [0.25, 0.3) is 5.56 Å². The summed E-state index contributed by atoms with van der Waals surface area (Å²) in [4.78, 5) is 21.1. The van der Waals surface area contributed by atoms with Crippen molar-refractivity contribution in [2.24, 2.45) is 5.41 Å². The number of aromatic nitrogens is 3.